The van der Waals surface area contributed by atoms with Gasteiger partial charge in [0.15, 0.2) is 6.23 Å². The second-order valence-corrected chi connectivity index (χ2v) is 9.71. The first-order chi connectivity index (χ1) is 17.2. The number of aliphatic carboxylic acids is 1. The minimum Gasteiger partial charge on any atom is -0.477 e. The summed E-state index contributed by atoms with van der Waals surface area (Å²) in [4.78, 5) is 40.8. The lowest BCUT2D eigenvalue weighted by Crippen LogP contribution is -2.76. The smallest absolute Gasteiger partial charge is 0.352 e. The van der Waals surface area contributed by atoms with Crippen LogP contribution in [0.4, 0.5) is 5.69 Å². The lowest BCUT2D eigenvalue weighted by molar-refractivity contribution is -0.149. The van der Waals surface area contributed by atoms with E-state index < -0.39 is 46.3 Å². The minimum absolute atomic E-state index is 0.132. The molecule has 0 radical (unpaired) electrons. The number of ether oxygens (including phenoxy) is 1. The van der Waals surface area contributed by atoms with Gasteiger partial charge in [-0.2, -0.15) is 0 Å². The number of carbonyl (C=O) groups is 3. The molecule has 4 rings (SSSR count). The van der Waals surface area contributed by atoms with Gasteiger partial charge in [-0.15, -0.1) is 12.8 Å². The Kier molecular flexibility index (Phi) is 8.52. The molecule has 2 aromatic rings. The Balaban J connectivity index is 0.00000176. The van der Waals surface area contributed by atoms with Crippen LogP contribution in [0, 0.1) is 12.8 Å². The molecule has 0 aliphatic carbocycles. The summed E-state index contributed by atoms with van der Waals surface area (Å²) >= 11 is 5.99. The van der Waals surface area contributed by atoms with Crippen molar-refractivity contribution >= 4 is 56.8 Å². The number of aliphatic hydroxyl groups excluding tert-OH is 1. The maximum absolute atomic E-state index is 12.8. The number of hydrogen-bond acceptors (Lipinski definition) is 9. The van der Waals surface area contributed by atoms with Crippen molar-refractivity contribution in [2.45, 2.75) is 24.6 Å². The van der Waals surface area contributed by atoms with Crippen LogP contribution in [-0.4, -0.2) is 78.7 Å². The highest BCUT2D eigenvalue weighted by Crippen LogP contribution is 2.37. The lowest BCUT2D eigenvalue weighted by Gasteiger charge is -2.55. The molecule has 4 N–H and O–H groups in total. The summed E-state index contributed by atoms with van der Waals surface area (Å²) < 4.78 is 17.6. The average molecular weight is 535 g/mol. The van der Waals surface area contributed by atoms with Gasteiger partial charge in [0, 0.05) is 34.8 Å². The molecule has 1 fully saturated rings. The molecule has 0 spiro atoms. The standard InChI is InChI=1S/C21H21ClN4O7S.C2H2/c1-10(27)33-8-11-9-34(32)20-17(19(29)26(20)18(11)21(30)31)25-16(28)7-24-14-4-5-23-15-6-12(22)2-3-13(14)15;1-2/h2-6,17,19-20,29H,7-9H2,1H3,(H,23,24)(H,25,28)(H,30,31);1-2H/t17-,19?,20?,34?;/m1./s1. The second-order valence-electron chi connectivity index (χ2n) is 7.74. The Morgan fingerprint density at radius 2 is 2.03 bits per heavy atom. The number of benzene rings is 1. The molecular formula is C23H23ClN4O7S. The molecule has 13 heteroatoms. The van der Waals surface area contributed by atoms with Gasteiger partial charge < -0.3 is 30.5 Å². The predicted molar refractivity (Wildman–Crippen MR) is 133 cm³/mol. The highest BCUT2D eigenvalue weighted by molar-refractivity contribution is 7.86. The van der Waals surface area contributed by atoms with Gasteiger partial charge in [-0.25, -0.2) is 4.79 Å². The molecule has 2 aliphatic heterocycles. The summed E-state index contributed by atoms with van der Waals surface area (Å²) in [6.45, 7) is 0.680. The van der Waals surface area contributed by atoms with E-state index in [1.165, 1.54) is 6.92 Å². The van der Waals surface area contributed by atoms with E-state index in [0.717, 1.165) is 10.3 Å². The number of halogens is 1. The van der Waals surface area contributed by atoms with Gasteiger partial charge in [0.05, 0.1) is 28.6 Å². The van der Waals surface area contributed by atoms with Crippen LogP contribution in [0.2, 0.25) is 5.02 Å². The largest absolute Gasteiger partial charge is 0.477 e. The molecule has 1 aromatic carbocycles. The number of nitrogens with zero attached hydrogens (tertiary/aromatic N) is 2. The molecule has 4 atom stereocenters. The van der Waals surface area contributed by atoms with Crippen molar-refractivity contribution in [3.63, 3.8) is 0 Å². The SMILES string of the molecule is C#C.CC(=O)OCC1=C(C(=O)O)N2C(O)[C@@H](NC(=O)CNc3ccnc4cc(Cl)ccc34)C2S(=O)C1. The quantitative estimate of drug-likeness (QED) is 0.293. The van der Waals surface area contributed by atoms with E-state index in [4.69, 9.17) is 16.3 Å². The van der Waals surface area contributed by atoms with Gasteiger partial charge in [0.25, 0.3) is 0 Å². The third-order valence-corrected chi connectivity index (χ3v) is 7.42. The number of fused-ring (bicyclic) bond motifs is 2. The molecule has 190 valence electrons. The third kappa shape index (κ3) is 5.43. The fraction of sp³-hybridized carbons (Fsp3) is 0.304. The molecule has 0 bridgehead atoms. The zero-order valence-corrected chi connectivity index (χ0v) is 20.6. The van der Waals surface area contributed by atoms with Crippen LogP contribution < -0.4 is 10.6 Å². The number of aliphatic hydroxyl groups is 1. The maximum atomic E-state index is 12.8. The first-order valence-electron chi connectivity index (χ1n) is 10.5. The molecule has 3 unspecified atom stereocenters. The molecule has 1 amide bonds. The van der Waals surface area contributed by atoms with E-state index in [9.17, 15) is 28.8 Å². The monoisotopic (exact) mass is 534 g/mol. The van der Waals surface area contributed by atoms with Crippen molar-refractivity contribution in [2.24, 2.45) is 0 Å². The lowest BCUT2D eigenvalue weighted by atomic mass is 10.0. The van der Waals surface area contributed by atoms with Gasteiger partial charge >= 0.3 is 11.9 Å². The number of aromatic nitrogens is 1. The summed E-state index contributed by atoms with van der Waals surface area (Å²) in [5.74, 6) is -2.60. The Bertz CT molecular complexity index is 1280. The molecule has 1 aromatic heterocycles. The number of carbonyl (C=O) groups excluding carboxylic acids is 2. The van der Waals surface area contributed by atoms with Crippen molar-refractivity contribution in [1.82, 2.24) is 15.2 Å². The van der Waals surface area contributed by atoms with Crippen molar-refractivity contribution < 1.29 is 33.5 Å². The summed E-state index contributed by atoms with van der Waals surface area (Å²) in [6, 6.07) is 5.94. The Hall–Kier alpha value is -3.66. The van der Waals surface area contributed by atoms with Gasteiger partial charge in [-0.1, -0.05) is 11.6 Å². The van der Waals surface area contributed by atoms with Gasteiger partial charge in [0.2, 0.25) is 5.91 Å². The summed E-state index contributed by atoms with van der Waals surface area (Å²) in [5, 5.41) is 26.2. The molecule has 2 aliphatic rings. The Morgan fingerprint density at radius 3 is 2.69 bits per heavy atom. The van der Waals surface area contributed by atoms with E-state index in [1.54, 1.807) is 30.5 Å². The number of rotatable bonds is 7. The first-order valence-corrected chi connectivity index (χ1v) is 12.3. The topological polar surface area (TPSA) is 158 Å². The minimum atomic E-state index is -1.64. The van der Waals surface area contributed by atoms with Crippen LogP contribution in [0.1, 0.15) is 6.92 Å². The number of esters is 1. The van der Waals surface area contributed by atoms with Gasteiger partial charge in [-0.3, -0.25) is 18.8 Å². The highest BCUT2D eigenvalue weighted by Gasteiger charge is 2.56. The molecule has 1 saturated heterocycles. The fourth-order valence-electron chi connectivity index (χ4n) is 3.99. The van der Waals surface area contributed by atoms with Gasteiger partial charge in [-0.05, 0) is 24.3 Å². The van der Waals surface area contributed by atoms with E-state index in [2.05, 4.69) is 28.5 Å². The van der Waals surface area contributed by atoms with E-state index in [0.29, 0.717) is 16.2 Å². The highest BCUT2D eigenvalue weighted by atomic mass is 35.5. The number of amides is 1. The van der Waals surface area contributed by atoms with Crippen molar-refractivity contribution in [1.29, 1.82) is 0 Å². The van der Waals surface area contributed by atoms with Crippen LogP contribution in [0.15, 0.2) is 41.7 Å². The second kappa shape index (κ2) is 11.4. The van der Waals surface area contributed by atoms with E-state index in [-0.39, 0.29) is 30.2 Å². The zero-order valence-electron chi connectivity index (χ0n) is 19.0. The van der Waals surface area contributed by atoms with Crippen LogP contribution in [0.25, 0.3) is 10.9 Å². The number of hydrogen-bond donors (Lipinski definition) is 4. The van der Waals surface area contributed by atoms with Crippen molar-refractivity contribution in [2.75, 3.05) is 24.2 Å². The summed E-state index contributed by atoms with van der Waals surface area (Å²) in [6.07, 6.45) is 8.17. The number of terminal acetylenes is 1. The number of nitrogens with one attached hydrogen (secondary N) is 2. The molecular weight excluding hydrogens is 512 g/mol. The summed E-state index contributed by atoms with van der Waals surface area (Å²) in [7, 11) is -1.64. The van der Waals surface area contributed by atoms with Crippen molar-refractivity contribution in [3.05, 3.63) is 46.8 Å². The summed E-state index contributed by atoms with van der Waals surface area (Å²) in [5.41, 5.74) is 1.16. The Labute approximate surface area is 213 Å². The average Bonchev–Trinajstić information content (AvgIpc) is 2.85. The normalized spacial score (nSPS) is 22.4. The fourth-order valence-corrected chi connectivity index (χ4v) is 5.91. The van der Waals surface area contributed by atoms with E-state index >= 15 is 0 Å². The van der Waals surface area contributed by atoms with Gasteiger partial charge in [0.1, 0.15) is 23.7 Å². The first kappa shape index (κ1) is 26.9. The molecule has 0 saturated carbocycles. The number of carboxylic acids is 1. The van der Waals surface area contributed by atoms with Crippen LogP contribution in [0.5, 0.6) is 0 Å². The predicted octanol–water partition coefficient (Wildman–Crippen LogP) is 0.659. The van der Waals surface area contributed by atoms with Crippen molar-refractivity contribution in [3.8, 4) is 12.8 Å². The Morgan fingerprint density at radius 1 is 1.31 bits per heavy atom. The maximum Gasteiger partial charge on any atom is 0.352 e. The third-order valence-electron chi connectivity index (χ3n) is 5.49. The zero-order chi connectivity index (χ0) is 26.6. The van der Waals surface area contributed by atoms with Crippen LogP contribution in [0.3, 0.4) is 0 Å². The number of pyridine rings is 1. The van der Waals surface area contributed by atoms with Crippen LogP contribution in [-0.2, 0) is 29.9 Å². The molecule has 11 nitrogen and oxygen atoms in total. The number of carboxylic acid groups (broad SMARTS) is 1. The molecule has 3 heterocycles. The van der Waals surface area contributed by atoms with Crippen LogP contribution >= 0.6 is 11.6 Å². The number of anilines is 1. The molecule has 36 heavy (non-hydrogen) atoms. The van der Waals surface area contributed by atoms with E-state index in [1.807, 2.05) is 0 Å².